The lowest BCUT2D eigenvalue weighted by Crippen LogP contribution is -2.40. The highest BCUT2D eigenvalue weighted by atomic mass is 16.4. The van der Waals surface area contributed by atoms with Crippen molar-refractivity contribution in [3.05, 3.63) is 0 Å². The summed E-state index contributed by atoms with van der Waals surface area (Å²) in [6.07, 6.45) is 0.180. The largest absolute Gasteiger partial charge is 0.465 e. The number of hydrogen-bond donors (Lipinski definition) is 2. The molecule has 2 rings (SSSR count). The zero-order valence-electron chi connectivity index (χ0n) is 6.49. The van der Waals surface area contributed by atoms with E-state index >= 15 is 0 Å². The van der Waals surface area contributed by atoms with E-state index in [0.717, 1.165) is 6.42 Å². The number of nitrogens with zero attached hydrogens (tertiary/aromatic N) is 1. The predicted molar refractivity (Wildman–Crippen MR) is 39.7 cm³/mol. The van der Waals surface area contributed by atoms with E-state index in [9.17, 15) is 9.59 Å². The highest BCUT2D eigenvalue weighted by molar-refractivity contribution is 5.80. The van der Waals surface area contributed by atoms with Gasteiger partial charge in [0, 0.05) is 25.0 Å². The summed E-state index contributed by atoms with van der Waals surface area (Å²) in [6, 6.07) is -0.0337. The zero-order valence-corrected chi connectivity index (χ0v) is 6.49. The Bertz CT molecular complexity index is 241. The molecule has 2 unspecified atom stereocenters. The SMILES string of the molecule is O=C1CC2CC(CN2C(=O)O)N1. The number of amides is 2. The van der Waals surface area contributed by atoms with E-state index in [0.29, 0.717) is 13.0 Å². The molecule has 0 radical (unpaired) electrons. The van der Waals surface area contributed by atoms with Crippen LogP contribution in [-0.2, 0) is 4.79 Å². The molecule has 2 saturated heterocycles. The first-order valence-corrected chi connectivity index (χ1v) is 3.96. The molecule has 2 N–H and O–H groups in total. The summed E-state index contributed by atoms with van der Waals surface area (Å²) in [4.78, 5) is 22.9. The van der Waals surface area contributed by atoms with Crippen molar-refractivity contribution in [1.82, 2.24) is 10.2 Å². The summed E-state index contributed by atoms with van der Waals surface area (Å²) < 4.78 is 0. The lowest BCUT2D eigenvalue weighted by Gasteiger charge is -2.20. The monoisotopic (exact) mass is 170 g/mol. The highest BCUT2D eigenvalue weighted by Gasteiger charge is 2.40. The van der Waals surface area contributed by atoms with Gasteiger partial charge in [-0.3, -0.25) is 4.79 Å². The standard InChI is InChI=1S/C7H10N2O3/c10-6-2-5-1-4(8-6)3-9(5)7(11)12/h4-5H,1-3H2,(H,8,10)(H,11,12). The van der Waals surface area contributed by atoms with Crippen molar-refractivity contribution in [2.24, 2.45) is 0 Å². The van der Waals surface area contributed by atoms with Crippen LogP contribution in [0.5, 0.6) is 0 Å². The number of fused-ring (bicyclic) bond motifs is 2. The van der Waals surface area contributed by atoms with Gasteiger partial charge in [0.25, 0.3) is 0 Å². The van der Waals surface area contributed by atoms with Crippen molar-refractivity contribution in [1.29, 1.82) is 0 Å². The number of hydrogen-bond acceptors (Lipinski definition) is 2. The van der Waals surface area contributed by atoms with Gasteiger partial charge in [-0.25, -0.2) is 4.79 Å². The Kier molecular flexibility index (Phi) is 1.46. The number of carbonyl (C=O) groups excluding carboxylic acids is 1. The van der Waals surface area contributed by atoms with Gasteiger partial charge < -0.3 is 15.3 Å². The van der Waals surface area contributed by atoms with Crippen LogP contribution in [0.1, 0.15) is 12.8 Å². The molecule has 2 amide bonds. The van der Waals surface area contributed by atoms with Gasteiger partial charge in [0.1, 0.15) is 0 Å². The molecule has 0 aliphatic carbocycles. The van der Waals surface area contributed by atoms with E-state index < -0.39 is 6.09 Å². The van der Waals surface area contributed by atoms with Gasteiger partial charge in [-0.1, -0.05) is 0 Å². The maximum Gasteiger partial charge on any atom is 0.407 e. The predicted octanol–water partition coefficient (Wildman–Crippen LogP) is -0.373. The lowest BCUT2D eigenvalue weighted by atomic mass is 10.0. The average molecular weight is 170 g/mol. The maximum atomic E-state index is 11.0. The Labute approximate surface area is 69.3 Å². The molecule has 2 aliphatic rings. The normalized spacial score (nSPS) is 33.3. The third-order valence-electron chi connectivity index (χ3n) is 2.45. The molecule has 0 aromatic rings. The van der Waals surface area contributed by atoms with Gasteiger partial charge in [0.2, 0.25) is 5.91 Å². The van der Waals surface area contributed by atoms with E-state index in [2.05, 4.69) is 5.32 Å². The lowest BCUT2D eigenvalue weighted by molar-refractivity contribution is -0.123. The van der Waals surface area contributed by atoms with Crippen LogP contribution in [0.3, 0.4) is 0 Å². The van der Waals surface area contributed by atoms with Crippen molar-refractivity contribution in [3.8, 4) is 0 Å². The summed E-state index contributed by atoms with van der Waals surface area (Å²) in [5, 5.41) is 11.5. The molecule has 0 saturated carbocycles. The molecular weight excluding hydrogens is 160 g/mol. The molecule has 12 heavy (non-hydrogen) atoms. The quantitative estimate of drug-likeness (QED) is 0.521. The number of rotatable bonds is 0. The fourth-order valence-electron chi connectivity index (χ4n) is 1.95. The summed E-state index contributed by atoms with van der Waals surface area (Å²) >= 11 is 0. The molecule has 2 heterocycles. The molecular formula is C7H10N2O3. The molecule has 66 valence electrons. The summed E-state index contributed by atoms with van der Waals surface area (Å²) in [7, 11) is 0. The minimum atomic E-state index is -0.918. The molecule has 2 aliphatic heterocycles. The van der Waals surface area contributed by atoms with Crippen LogP contribution in [-0.4, -0.2) is 40.6 Å². The summed E-state index contributed by atoms with van der Waals surface area (Å²) in [5.74, 6) is -0.0278. The molecule has 5 heteroatoms. The van der Waals surface area contributed by atoms with E-state index in [4.69, 9.17) is 5.11 Å². The van der Waals surface area contributed by atoms with Crippen LogP contribution in [0.4, 0.5) is 4.79 Å². The molecule has 2 fully saturated rings. The maximum absolute atomic E-state index is 11.0. The second kappa shape index (κ2) is 2.36. The Morgan fingerprint density at radius 3 is 3.08 bits per heavy atom. The smallest absolute Gasteiger partial charge is 0.407 e. The number of nitrogens with one attached hydrogen (secondary N) is 1. The Hall–Kier alpha value is -1.26. The van der Waals surface area contributed by atoms with E-state index in [1.165, 1.54) is 4.90 Å². The third-order valence-corrected chi connectivity index (χ3v) is 2.45. The fourth-order valence-corrected chi connectivity index (χ4v) is 1.95. The van der Waals surface area contributed by atoms with Crippen LogP contribution in [0.15, 0.2) is 0 Å². The van der Waals surface area contributed by atoms with E-state index in [1.54, 1.807) is 0 Å². The average Bonchev–Trinajstić information content (AvgIpc) is 2.26. The van der Waals surface area contributed by atoms with Crippen molar-refractivity contribution in [3.63, 3.8) is 0 Å². The van der Waals surface area contributed by atoms with Crippen LogP contribution in [0, 0.1) is 0 Å². The third kappa shape index (κ3) is 1.01. The minimum Gasteiger partial charge on any atom is -0.465 e. The summed E-state index contributed by atoms with van der Waals surface area (Å²) in [6.45, 7) is 0.450. The molecule has 0 spiro atoms. The number of piperidine rings is 1. The second-order valence-corrected chi connectivity index (χ2v) is 3.29. The first-order valence-electron chi connectivity index (χ1n) is 3.96. The van der Waals surface area contributed by atoms with E-state index in [1.807, 2.05) is 0 Å². The van der Waals surface area contributed by atoms with Crippen molar-refractivity contribution >= 4 is 12.0 Å². The number of carboxylic acid groups (broad SMARTS) is 1. The van der Waals surface area contributed by atoms with Crippen molar-refractivity contribution < 1.29 is 14.7 Å². The van der Waals surface area contributed by atoms with Gasteiger partial charge in [0.05, 0.1) is 0 Å². The van der Waals surface area contributed by atoms with Gasteiger partial charge >= 0.3 is 6.09 Å². The zero-order chi connectivity index (χ0) is 8.72. The Morgan fingerprint density at radius 1 is 1.67 bits per heavy atom. The minimum absolute atomic E-state index is 0.0278. The summed E-state index contributed by atoms with van der Waals surface area (Å²) in [5.41, 5.74) is 0. The van der Waals surface area contributed by atoms with Gasteiger partial charge in [-0.15, -0.1) is 0 Å². The highest BCUT2D eigenvalue weighted by Crippen LogP contribution is 2.24. The number of likely N-dealkylation sites (tertiary alicyclic amines) is 1. The number of carbonyl (C=O) groups is 2. The van der Waals surface area contributed by atoms with Gasteiger partial charge in [0.15, 0.2) is 0 Å². The fraction of sp³-hybridized carbons (Fsp3) is 0.714. The van der Waals surface area contributed by atoms with Crippen molar-refractivity contribution in [2.45, 2.75) is 24.9 Å². The molecule has 2 atom stereocenters. The van der Waals surface area contributed by atoms with Gasteiger partial charge in [-0.2, -0.15) is 0 Å². The van der Waals surface area contributed by atoms with Gasteiger partial charge in [-0.05, 0) is 6.42 Å². The topological polar surface area (TPSA) is 69.6 Å². The Balaban J connectivity index is 2.14. The molecule has 0 aromatic heterocycles. The van der Waals surface area contributed by atoms with Crippen LogP contribution in [0.2, 0.25) is 0 Å². The van der Waals surface area contributed by atoms with Crippen LogP contribution in [0.25, 0.3) is 0 Å². The van der Waals surface area contributed by atoms with Crippen molar-refractivity contribution in [2.75, 3.05) is 6.54 Å². The van der Waals surface area contributed by atoms with Crippen LogP contribution >= 0.6 is 0 Å². The molecule has 5 nitrogen and oxygen atoms in total. The first kappa shape index (κ1) is 7.39. The van der Waals surface area contributed by atoms with E-state index in [-0.39, 0.29) is 18.0 Å². The molecule has 0 aromatic carbocycles. The second-order valence-electron chi connectivity index (χ2n) is 3.29. The Morgan fingerprint density at radius 2 is 2.42 bits per heavy atom. The molecule has 2 bridgehead atoms. The van der Waals surface area contributed by atoms with Crippen LogP contribution < -0.4 is 5.32 Å². The first-order chi connectivity index (χ1) is 5.66.